The zero-order valence-corrected chi connectivity index (χ0v) is 13.0. The molecule has 0 radical (unpaired) electrons. The minimum absolute atomic E-state index is 0.306. The monoisotopic (exact) mass is 317 g/mol. The van der Waals surface area contributed by atoms with E-state index in [2.05, 4.69) is 5.10 Å². The maximum absolute atomic E-state index is 12.7. The summed E-state index contributed by atoms with van der Waals surface area (Å²) in [5.74, 6) is 0. The zero-order chi connectivity index (χ0) is 13.9. The SMILES string of the molecule is Cc1cc2c(cc1Cl)SC1=NN(C)C(C)N1S2(=O)=O. The third-order valence-electron chi connectivity index (χ3n) is 3.28. The summed E-state index contributed by atoms with van der Waals surface area (Å²) < 4.78 is 26.7. The largest absolute Gasteiger partial charge is 0.274 e. The standard InChI is InChI=1S/C11H12ClN3O2S2/c1-6-4-10-9(5-8(6)12)18-11-13-14(3)7(2)15(11)19(10,16)17/h4-5,7H,1-3H3. The summed E-state index contributed by atoms with van der Waals surface area (Å²) in [5.41, 5.74) is 0.755. The Balaban J connectivity index is 2.25. The number of aryl methyl sites for hydroxylation is 1. The number of amidine groups is 1. The van der Waals surface area contributed by atoms with Crippen LogP contribution in [0.1, 0.15) is 12.5 Å². The van der Waals surface area contributed by atoms with Gasteiger partial charge in [0.2, 0.25) is 5.17 Å². The quantitative estimate of drug-likeness (QED) is 0.737. The average molecular weight is 318 g/mol. The second-order valence-electron chi connectivity index (χ2n) is 4.54. The number of fused-ring (bicyclic) bond motifs is 2. The molecule has 102 valence electrons. The van der Waals surface area contributed by atoms with E-state index >= 15 is 0 Å². The van der Waals surface area contributed by atoms with Gasteiger partial charge in [0.25, 0.3) is 10.0 Å². The number of rotatable bonds is 0. The average Bonchev–Trinajstić information content (AvgIpc) is 2.59. The first kappa shape index (κ1) is 13.1. The van der Waals surface area contributed by atoms with Gasteiger partial charge in [-0.15, -0.1) is 5.10 Å². The van der Waals surface area contributed by atoms with E-state index in [1.807, 2.05) is 6.92 Å². The summed E-state index contributed by atoms with van der Waals surface area (Å²) in [6.07, 6.45) is -0.309. The van der Waals surface area contributed by atoms with Crippen LogP contribution in [0.3, 0.4) is 0 Å². The van der Waals surface area contributed by atoms with Crippen molar-refractivity contribution in [2.45, 2.75) is 29.8 Å². The Morgan fingerprint density at radius 3 is 2.79 bits per heavy atom. The lowest BCUT2D eigenvalue weighted by Crippen LogP contribution is -2.43. The van der Waals surface area contributed by atoms with Crippen LogP contribution in [0.2, 0.25) is 5.02 Å². The van der Waals surface area contributed by atoms with E-state index in [0.717, 1.165) is 5.56 Å². The number of nitrogens with zero attached hydrogens (tertiary/aromatic N) is 3. The molecule has 2 aliphatic rings. The number of benzene rings is 1. The molecular weight excluding hydrogens is 306 g/mol. The first-order chi connectivity index (χ1) is 8.82. The van der Waals surface area contributed by atoms with Gasteiger partial charge in [0.05, 0.1) is 0 Å². The van der Waals surface area contributed by atoms with Gasteiger partial charge in [0.15, 0.2) is 0 Å². The molecule has 3 rings (SSSR count). The van der Waals surface area contributed by atoms with Gasteiger partial charge < -0.3 is 0 Å². The molecule has 19 heavy (non-hydrogen) atoms. The summed E-state index contributed by atoms with van der Waals surface area (Å²) in [6, 6.07) is 3.32. The number of sulfonamides is 1. The van der Waals surface area contributed by atoms with E-state index in [1.54, 1.807) is 31.1 Å². The molecule has 0 N–H and O–H groups in total. The van der Waals surface area contributed by atoms with E-state index in [0.29, 0.717) is 20.0 Å². The molecule has 2 heterocycles. The van der Waals surface area contributed by atoms with E-state index in [4.69, 9.17) is 11.6 Å². The molecule has 1 aromatic carbocycles. The fourth-order valence-electron chi connectivity index (χ4n) is 2.07. The fraction of sp³-hybridized carbons (Fsp3) is 0.364. The van der Waals surface area contributed by atoms with Crippen molar-refractivity contribution in [3.8, 4) is 0 Å². The molecule has 0 saturated heterocycles. The molecule has 5 nitrogen and oxygen atoms in total. The van der Waals surface area contributed by atoms with E-state index < -0.39 is 10.0 Å². The molecule has 1 atom stereocenters. The Labute approximate surface area is 121 Å². The first-order valence-electron chi connectivity index (χ1n) is 5.66. The zero-order valence-electron chi connectivity index (χ0n) is 10.6. The normalized spacial score (nSPS) is 24.0. The van der Waals surface area contributed by atoms with Gasteiger partial charge in [-0.05, 0) is 43.3 Å². The molecule has 0 fully saturated rings. The Bertz CT molecular complexity index is 702. The molecule has 0 amide bonds. The summed E-state index contributed by atoms with van der Waals surface area (Å²) in [6.45, 7) is 3.61. The Morgan fingerprint density at radius 2 is 2.11 bits per heavy atom. The second kappa shape index (κ2) is 4.04. The molecule has 0 aromatic heterocycles. The van der Waals surface area contributed by atoms with Crippen LogP contribution in [-0.2, 0) is 10.0 Å². The summed E-state index contributed by atoms with van der Waals surface area (Å²) in [7, 11) is -1.80. The van der Waals surface area contributed by atoms with Crippen molar-refractivity contribution in [2.24, 2.45) is 5.10 Å². The van der Waals surface area contributed by atoms with Crippen LogP contribution < -0.4 is 0 Å². The molecule has 0 bridgehead atoms. The molecule has 1 unspecified atom stereocenters. The summed E-state index contributed by atoms with van der Waals surface area (Å²) in [5, 5.41) is 6.93. The van der Waals surface area contributed by atoms with E-state index in [-0.39, 0.29) is 6.17 Å². The van der Waals surface area contributed by atoms with Crippen molar-refractivity contribution in [1.82, 2.24) is 9.31 Å². The van der Waals surface area contributed by atoms with Crippen molar-refractivity contribution in [1.29, 1.82) is 0 Å². The Morgan fingerprint density at radius 1 is 1.42 bits per heavy atom. The van der Waals surface area contributed by atoms with E-state index in [1.165, 1.54) is 16.1 Å². The van der Waals surface area contributed by atoms with Gasteiger partial charge in [-0.1, -0.05) is 11.6 Å². The minimum atomic E-state index is -3.56. The van der Waals surface area contributed by atoms with Crippen LogP contribution in [0.5, 0.6) is 0 Å². The first-order valence-corrected chi connectivity index (χ1v) is 8.29. The smallest absolute Gasteiger partial charge is 0.268 e. The van der Waals surface area contributed by atoms with Gasteiger partial charge in [0, 0.05) is 17.0 Å². The number of hydrogen-bond donors (Lipinski definition) is 0. The van der Waals surface area contributed by atoms with Crippen LogP contribution >= 0.6 is 23.4 Å². The lowest BCUT2D eigenvalue weighted by Gasteiger charge is -2.30. The highest BCUT2D eigenvalue weighted by Gasteiger charge is 2.44. The maximum atomic E-state index is 12.7. The van der Waals surface area contributed by atoms with Crippen LogP contribution in [0, 0.1) is 6.92 Å². The third-order valence-corrected chi connectivity index (χ3v) is 6.84. The Hall–Kier alpha value is -0.920. The molecule has 0 spiro atoms. The van der Waals surface area contributed by atoms with Gasteiger partial charge in [0.1, 0.15) is 11.1 Å². The van der Waals surface area contributed by atoms with Crippen molar-refractivity contribution in [2.75, 3.05) is 7.05 Å². The molecule has 2 aliphatic heterocycles. The number of hydrogen-bond acceptors (Lipinski definition) is 5. The number of hydrazone groups is 1. The Kier molecular flexibility index (Phi) is 2.78. The van der Waals surface area contributed by atoms with Gasteiger partial charge in [-0.2, -0.15) is 0 Å². The lowest BCUT2D eigenvalue weighted by molar-refractivity contribution is 0.232. The molecule has 8 heteroatoms. The third kappa shape index (κ3) is 1.75. The van der Waals surface area contributed by atoms with Crippen molar-refractivity contribution < 1.29 is 8.42 Å². The molecule has 0 aliphatic carbocycles. The van der Waals surface area contributed by atoms with Crippen LogP contribution in [0.25, 0.3) is 0 Å². The summed E-state index contributed by atoms with van der Waals surface area (Å²) >= 11 is 7.40. The van der Waals surface area contributed by atoms with Gasteiger partial charge in [-0.3, -0.25) is 5.01 Å². The number of thioether (sulfide) groups is 1. The van der Waals surface area contributed by atoms with Gasteiger partial charge >= 0.3 is 0 Å². The molecular formula is C11H12ClN3O2S2. The van der Waals surface area contributed by atoms with E-state index in [9.17, 15) is 8.42 Å². The minimum Gasteiger partial charge on any atom is -0.274 e. The van der Waals surface area contributed by atoms with Gasteiger partial charge in [-0.25, -0.2) is 12.7 Å². The van der Waals surface area contributed by atoms with Crippen LogP contribution in [0.4, 0.5) is 0 Å². The molecule has 0 saturated carbocycles. The van der Waals surface area contributed by atoms with Crippen molar-refractivity contribution >= 4 is 38.6 Å². The maximum Gasteiger partial charge on any atom is 0.268 e. The highest BCUT2D eigenvalue weighted by molar-refractivity contribution is 8.16. The number of halogens is 1. The summed E-state index contributed by atoms with van der Waals surface area (Å²) in [4.78, 5) is 0.939. The van der Waals surface area contributed by atoms with Crippen molar-refractivity contribution in [3.63, 3.8) is 0 Å². The molecule has 1 aromatic rings. The lowest BCUT2D eigenvalue weighted by atomic mass is 10.2. The predicted molar refractivity (Wildman–Crippen MR) is 75.7 cm³/mol. The van der Waals surface area contributed by atoms with Crippen LogP contribution in [-0.4, -0.2) is 36.1 Å². The predicted octanol–water partition coefficient (Wildman–Crippen LogP) is 2.31. The fourth-order valence-corrected chi connectivity index (χ4v) is 5.72. The second-order valence-corrected chi connectivity index (χ2v) is 7.74. The van der Waals surface area contributed by atoms with Crippen LogP contribution in [0.15, 0.2) is 27.0 Å². The highest BCUT2D eigenvalue weighted by Crippen LogP contribution is 2.43. The highest BCUT2D eigenvalue weighted by atomic mass is 35.5. The van der Waals surface area contributed by atoms with Crippen molar-refractivity contribution in [3.05, 3.63) is 22.7 Å². The topological polar surface area (TPSA) is 53.0 Å².